The number of hydrogen-bond donors (Lipinski definition) is 0. The van der Waals surface area contributed by atoms with E-state index in [1.807, 2.05) is 0 Å². The zero-order valence-corrected chi connectivity index (χ0v) is 7.58. The molecule has 0 radical (unpaired) electrons. The van der Waals surface area contributed by atoms with Crippen molar-refractivity contribution in [1.29, 1.82) is 0 Å². The summed E-state index contributed by atoms with van der Waals surface area (Å²) in [6, 6.07) is 0.876. The lowest BCUT2D eigenvalue weighted by atomic mass is 10.2. The van der Waals surface area contributed by atoms with Crippen LogP contribution in [-0.2, 0) is 12.6 Å². The summed E-state index contributed by atoms with van der Waals surface area (Å²) in [5, 5.41) is -0.294. The number of halogens is 4. The number of rotatable bonds is 1. The Labute approximate surface area is 78.5 Å². The monoisotopic (exact) mass is 209 g/mol. The summed E-state index contributed by atoms with van der Waals surface area (Å²) in [7, 11) is 0. The van der Waals surface area contributed by atoms with E-state index in [9.17, 15) is 13.2 Å². The molecule has 0 aliphatic carbocycles. The molecule has 0 fully saturated rings. The molecule has 0 aromatic carbocycles. The Hall–Kier alpha value is -0.770. The zero-order chi connectivity index (χ0) is 10.1. The first kappa shape index (κ1) is 10.3. The van der Waals surface area contributed by atoms with Crippen LogP contribution < -0.4 is 0 Å². The van der Waals surface area contributed by atoms with Crippen LogP contribution in [0.5, 0.6) is 0 Å². The first-order valence-electron chi connectivity index (χ1n) is 3.67. The van der Waals surface area contributed by atoms with E-state index in [1.165, 1.54) is 0 Å². The average Bonchev–Trinajstić information content (AvgIpc) is 2.02. The summed E-state index contributed by atoms with van der Waals surface area (Å²) in [6.45, 7) is 1.70. The minimum absolute atomic E-state index is 0.275. The highest BCUT2D eigenvalue weighted by atomic mass is 35.5. The van der Waals surface area contributed by atoms with Crippen molar-refractivity contribution in [1.82, 2.24) is 4.98 Å². The second-order valence-electron chi connectivity index (χ2n) is 2.47. The van der Waals surface area contributed by atoms with E-state index in [1.54, 1.807) is 6.92 Å². The highest BCUT2D eigenvalue weighted by Gasteiger charge is 2.33. The van der Waals surface area contributed by atoms with Gasteiger partial charge < -0.3 is 0 Å². The predicted octanol–water partition coefficient (Wildman–Crippen LogP) is 3.32. The van der Waals surface area contributed by atoms with E-state index in [4.69, 9.17) is 11.6 Å². The van der Waals surface area contributed by atoms with Crippen molar-refractivity contribution in [2.45, 2.75) is 19.5 Å². The fourth-order valence-corrected chi connectivity index (χ4v) is 1.31. The van der Waals surface area contributed by atoms with E-state index in [0.29, 0.717) is 6.42 Å². The molecule has 0 saturated heterocycles. The second kappa shape index (κ2) is 3.54. The van der Waals surface area contributed by atoms with Crippen LogP contribution >= 0.6 is 11.6 Å². The standard InChI is InChI=1S/C8H7ClF3N/c1-2-6-7(9)5(3-4-13-6)8(10,11)12/h3-4H,2H2,1H3. The van der Waals surface area contributed by atoms with Crippen LogP contribution in [0.3, 0.4) is 0 Å². The van der Waals surface area contributed by atoms with Gasteiger partial charge in [0.15, 0.2) is 0 Å². The molecule has 0 spiro atoms. The average molecular weight is 210 g/mol. The van der Waals surface area contributed by atoms with E-state index in [2.05, 4.69) is 4.98 Å². The molecule has 0 saturated carbocycles. The van der Waals surface area contributed by atoms with Crippen molar-refractivity contribution in [3.05, 3.63) is 28.5 Å². The lowest BCUT2D eigenvalue weighted by Crippen LogP contribution is -2.07. The molecule has 0 unspecified atom stereocenters. The zero-order valence-electron chi connectivity index (χ0n) is 6.82. The maximum atomic E-state index is 12.3. The van der Waals surface area contributed by atoms with Gasteiger partial charge in [-0.1, -0.05) is 18.5 Å². The molecular weight excluding hydrogens is 203 g/mol. The molecule has 1 nitrogen and oxygen atoms in total. The third-order valence-electron chi connectivity index (χ3n) is 1.60. The molecule has 72 valence electrons. The molecule has 5 heteroatoms. The van der Waals surface area contributed by atoms with Crippen LogP contribution in [0.1, 0.15) is 18.2 Å². The van der Waals surface area contributed by atoms with E-state index in [-0.39, 0.29) is 10.7 Å². The lowest BCUT2D eigenvalue weighted by molar-refractivity contribution is -0.137. The Morgan fingerprint density at radius 2 is 2.08 bits per heavy atom. The molecule has 0 aliphatic rings. The van der Waals surface area contributed by atoms with Gasteiger partial charge in [-0.25, -0.2) is 0 Å². The summed E-state index contributed by atoms with van der Waals surface area (Å²) >= 11 is 5.51. The summed E-state index contributed by atoms with van der Waals surface area (Å²) in [5.41, 5.74) is -0.544. The van der Waals surface area contributed by atoms with E-state index in [0.717, 1.165) is 12.3 Å². The Morgan fingerprint density at radius 3 is 2.54 bits per heavy atom. The van der Waals surface area contributed by atoms with Gasteiger partial charge in [0.2, 0.25) is 0 Å². The smallest absolute Gasteiger partial charge is 0.260 e. The lowest BCUT2D eigenvalue weighted by Gasteiger charge is -2.10. The summed E-state index contributed by atoms with van der Waals surface area (Å²) in [6.07, 6.45) is -2.89. The van der Waals surface area contributed by atoms with Crippen LogP contribution in [-0.4, -0.2) is 4.98 Å². The number of nitrogens with zero attached hydrogens (tertiary/aromatic N) is 1. The molecule has 0 N–H and O–H groups in total. The van der Waals surface area contributed by atoms with Gasteiger partial charge in [-0.15, -0.1) is 0 Å². The minimum Gasteiger partial charge on any atom is -0.260 e. The van der Waals surface area contributed by atoms with Crippen LogP contribution in [0.4, 0.5) is 13.2 Å². The Kier molecular flexibility index (Phi) is 2.81. The third-order valence-corrected chi connectivity index (χ3v) is 2.02. The van der Waals surface area contributed by atoms with Gasteiger partial charge in [-0.3, -0.25) is 4.98 Å². The number of pyridine rings is 1. The number of aromatic nitrogens is 1. The molecule has 0 aliphatic heterocycles. The molecule has 1 aromatic rings. The highest BCUT2D eigenvalue weighted by molar-refractivity contribution is 6.32. The molecule has 13 heavy (non-hydrogen) atoms. The van der Waals surface area contributed by atoms with Gasteiger partial charge >= 0.3 is 6.18 Å². The quantitative estimate of drug-likeness (QED) is 0.692. The summed E-state index contributed by atoms with van der Waals surface area (Å²) in [5.74, 6) is 0. The van der Waals surface area contributed by atoms with E-state index >= 15 is 0 Å². The molecule has 0 atom stereocenters. The largest absolute Gasteiger partial charge is 0.417 e. The van der Waals surface area contributed by atoms with Crippen LogP contribution in [0.25, 0.3) is 0 Å². The summed E-state index contributed by atoms with van der Waals surface area (Å²) < 4.78 is 36.8. The molecule has 1 rings (SSSR count). The van der Waals surface area contributed by atoms with Crippen molar-refractivity contribution in [2.75, 3.05) is 0 Å². The topological polar surface area (TPSA) is 12.9 Å². The number of alkyl halides is 3. The van der Waals surface area contributed by atoms with E-state index < -0.39 is 11.7 Å². The van der Waals surface area contributed by atoms with Gasteiger partial charge in [0.25, 0.3) is 0 Å². The van der Waals surface area contributed by atoms with Crippen LogP contribution in [0.2, 0.25) is 5.02 Å². The van der Waals surface area contributed by atoms with Crippen molar-refractivity contribution in [2.24, 2.45) is 0 Å². The van der Waals surface area contributed by atoms with Crippen LogP contribution in [0, 0.1) is 0 Å². The molecule has 1 aromatic heterocycles. The SMILES string of the molecule is CCc1nccc(C(F)(F)F)c1Cl. The number of aryl methyl sites for hydroxylation is 1. The maximum Gasteiger partial charge on any atom is 0.417 e. The van der Waals surface area contributed by atoms with Gasteiger partial charge in [0.1, 0.15) is 0 Å². The Bertz CT molecular complexity index is 309. The molecule has 0 bridgehead atoms. The van der Waals surface area contributed by atoms with Gasteiger partial charge in [-0.2, -0.15) is 13.2 Å². The van der Waals surface area contributed by atoms with Gasteiger partial charge in [-0.05, 0) is 12.5 Å². The fraction of sp³-hybridized carbons (Fsp3) is 0.375. The van der Waals surface area contributed by atoms with Crippen molar-refractivity contribution in [3.8, 4) is 0 Å². The molecule has 1 heterocycles. The predicted molar refractivity (Wildman–Crippen MR) is 43.6 cm³/mol. The first-order chi connectivity index (χ1) is 5.96. The molecular formula is C8H7ClF3N. The van der Waals surface area contributed by atoms with Crippen LogP contribution in [0.15, 0.2) is 12.3 Å². The molecule has 0 amide bonds. The first-order valence-corrected chi connectivity index (χ1v) is 4.05. The maximum absolute atomic E-state index is 12.3. The van der Waals surface area contributed by atoms with Crippen molar-refractivity contribution in [3.63, 3.8) is 0 Å². The Morgan fingerprint density at radius 1 is 1.46 bits per heavy atom. The number of hydrogen-bond acceptors (Lipinski definition) is 1. The fourth-order valence-electron chi connectivity index (χ4n) is 0.952. The van der Waals surface area contributed by atoms with Gasteiger partial charge in [0, 0.05) is 6.20 Å². The third kappa shape index (κ3) is 2.12. The van der Waals surface area contributed by atoms with Crippen molar-refractivity contribution >= 4 is 11.6 Å². The minimum atomic E-state index is -4.40. The second-order valence-corrected chi connectivity index (χ2v) is 2.85. The normalized spacial score (nSPS) is 11.8. The van der Waals surface area contributed by atoms with Crippen molar-refractivity contribution < 1.29 is 13.2 Å². The van der Waals surface area contributed by atoms with Gasteiger partial charge in [0.05, 0.1) is 16.3 Å². The highest BCUT2D eigenvalue weighted by Crippen LogP contribution is 2.35. The summed E-state index contributed by atoms with van der Waals surface area (Å²) in [4.78, 5) is 3.74. The Balaban J connectivity index is 3.24.